The molecule has 0 spiro atoms. The van der Waals surface area contributed by atoms with Crippen LogP contribution < -0.4 is 5.73 Å². The Hall–Kier alpha value is -2.07. The average Bonchev–Trinajstić information content (AvgIpc) is 2.99. The number of hydrogen-bond acceptors (Lipinski definition) is 3. The molecule has 1 aromatic carbocycles. The van der Waals surface area contributed by atoms with E-state index >= 15 is 0 Å². The zero-order valence-electron chi connectivity index (χ0n) is 11.5. The number of nitrogens with zero attached hydrogens (tertiary/aromatic N) is 2. The third kappa shape index (κ3) is 2.72. The summed E-state index contributed by atoms with van der Waals surface area (Å²) in [6, 6.07) is 11.7. The van der Waals surface area contributed by atoms with Crippen molar-refractivity contribution in [2.75, 3.05) is 12.3 Å². The quantitative estimate of drug-likeness (QED) is 0.866. The molecule has 2 aromatic rings. The normalized spacial score (nSPS) is 18.0. The highest BCUT2D eigenvalue weighted by atomic mass is 35.5. The Morgan fingerprint density at radius 3 is 2.86 bits per heavy atom. The summed E-state index contributed by atoms with van der Waals surface area (Å²) in [6.45, 7) is 0.726. The Morgan fingerprint density at radius 2 is 2.10 bits per heavy atom. The molecule has 3 rings (SSSR count). The van der Waals surface area contributed by atoms with Gasteiger partial charge in [0.15, 0.2) is 0 Å². The number of rotatable bonds is 2. The van der Waals surface area contributed by atoms with Crippen molar-refractivity contribution in [2.45, 2.75) is 18.9 Å². The zero-order chi connectivity index (χ0) is 14.8. The Morgan fingerprint density at radius 1 is 1.33 bits per heavy atom. The second kappa shape index (κ2) is 5.74. The largest absolute Gasteiger partial charge is 0.397 e. The van der Waals surface area contributed by atoms with E-state index < -0.39 is 0 Å². The number of aromatic nitrogens is 1. The van der Waals surface area contributed by atoms with Crippen LogP contribution in [-0.4, -0.2) is 22.3 Å². The van der Waals surface area contributed by atoms with Crippen molar-refractivity contribution < 1.29 is 4.79 Å². The summed E-state index contributed by atoms with van der Waals surface area (Å²) in [5, 5.41) is 0.202. The number of halogens is 1. The van der Waals surface area contributed by atoms with Gasteiger partial charge < -0.3 is 10.6 Å². The summed E-state index contributed by atoms with van der Waals surface area (Å²) < 4.78 is 0. The Labute approximate surface area is 128 Å². The monoisotopic (exact) mass is 301 g/mol. The fourth-order valence-electron chi connectivity index (χ4n) is 2.80. The first kappa shape index (κ1) is 13.9. The maximum atomic E-state index is 12.7. The van der Waals surface area contributed by atoms with Gasteiger partial charge in [-0.3, -0.25) is 4.79 Å². The van der Waals surface area contributed by atoms with E-state index in [1.54, 1.807) is 6.07 Å². The number of hydrogen-bond donors (Lipinski definition) is 1. The summed E-state index contributed by atoms with van der Waals surface area (Å²) in [6.07, 6.45) is 3.40. The number of benzene rings is 1. The number of anilines is 1. The molecule has 1 fully saturated rings. The molecule has 0 bridgehead atoms. The van der Waals surface area contributed by atoms with Crippen LogP contribution in [0.2, 0.25) is 5.15 Å². The second-order valence-corrected chi connectivity index (χ2v) is 5.53. The van der Waals surface area contributed by atoms with Crippen LogP contribution in [0.15, 0.2) is 42.6 Å². The number of carbonyl (C=O) groups is 1. The van der Waals surface area contributed by atoms with Gasteiger partial charge in [0.05, 0.1) is 23.5 Å². The van der Waals surface area contributed by atoms with Crippen LogP contribution >= 0.6 is 11.6 Å². The molecule has 108 valence electrons. The molecular weight excluding hydrogens is 286 g/mol. The molecule has 1 aliphatic rings. The zero-order valence-corrected chi connectivity index (χ0v) is 12.3. The molecule has 1 unspecified atom stereocenters. The number of nitrogens with two attached hydrogens (primary N) is 1. The fraction of sp³-hybridized carbons (Fsp3) is 0.250. The van der Waals surface area contributed by atoms with E-state index in [0.29, 0.717) is 11.3 Å². The van der Waals surface area contributed by atoms with E-state index in [1.165, 1.54) is 6.20 Å². The summed E-state index contributed by atoms with van der Waals surface area (Å²) in [4.78, 5) is 18.6. The van der Waals surface area contributed by atoms with Crippen molar-refractivity contribution >= 4 is 23.2 Å². The van der Waals surface area contributed by atoms with Crippen LogP contribution in [0.1, 0.15) is 34.8 Å². The van der Waals surface area contributed by atoms with Crippen LogP contribution in [0, 0.1) is 0 Å². The predicted octanol–water partition coefficient (Wildman–Crippen LogP) is 3.29. The minimum absolute atomic E-state index is 0.0937. The first-order valence-electron chi connectivity index (χ1n) is 6.94. The molecule has 5 heteroatoms. The van der Waals surface area contributed by atoms with Crippen molar-refractivity contribution in [3.05, 3.63) is 58.9 Å². The summed E-state index contributed by atoms with van der Waals surface area (Å²) in [5.41, 5.74) is 7.68. The second-order valence-electron chi connectivity index (χ2n) is 5.17. The maximum Gasteiger partial charge on any atom is 0.257 e. The maximum absolute atomic E-state index is 12.7. The van der Waals surface area contributed by atoms with Crippen molar-refractivity contribution in [3.63, 3.8) is 0 Å². The van der Waals surface area contributed by atoms with E-state index in [0.717, 1.165) is 24.9 Å². The molecule has 1 atom stereocenters. The molecule has 1 aromatic heterocycles. The van der Waals surface area contributed by atoms with E-state index in [1.807, 2.05) is 23.1 Å². The lowest BCUT2D eigenvalue weighted by molar-refractivity contribution is 0.0735. The minimum atomic E-state index is -0.105. The van der Waals surface area contributed by atoms with Crippen LogP contribution in [0.25, 0.3) is 0 Å². The van der Waals surface area contributed by atoms with Crippen LogP contribution in [-0.2, 0) is 0 Å². The Balaban J connectivity index is 1.92. The third-order valence-electron chi connectivity index (χ3n) is 3.79. The molecule has 0 radical (unpaired) electrons. The van der Waals surface area contributed by atoms with E-state index in [4.69, 9.17) is 17.3 Å². The third-order valence-corrected chi connectivity index (χ3v) is 4.09. The molecule has 0 saturated carbocycles. The lowest BCUT2D eigenvalue weighted by atomic mass is 10.0. The number of pyridine rings is 1. The van der Waals surface area contributed by atoms with Gasteiger partial charge in [-0.1, -0.05) is 41.9 Å². The molecule has 0 aliphatic carbocycles. The van der Waals surface area contributed by atoms with Crippen molar-refractivity contribution in [2.24, 2.45) is 0 Å². The van der Waals surface area contributed by atoms with Crippen molar-refractivity contribution in [3.8, 4) is 0 Å². The van der Waals surface area contributed by atoms with Gasteiger partial charge in [-0.05, 0) is 24.5 Å². The molecule has 1 aliphatic heterocycles. The highest BCUT2D eigenvalue weighted by molar-refractivity contribution is 6.32. The number of carbonyl (C=O) groups excluding carboxylic acids is 1. The van der Waals surface area contributed by atoms with Gasteiger partial charge in [0.2, 0.25) is 0 Å². The van der Waals surface area contributed by atoms with Gasteiger partial charge in [0.25, 0.3) is 5.91 Å². The average molecular weight is 302 g/mol. The highest BCUT2D eigenvalue weighted by Crippen LogP contribution is 2.33. The predicted molar refractivity (Wildman–Crippen MR) is 83.1 cm³/mol. The number of amides is 1. The first-order valence-corrected chi connectivity index (χ1v) is 7.31. The molecule has 21 heavy (non-hydrogen) atoms. The van der Waals surface area contributed by atoms with Crippen molar-refractivity contribution in [1.82, 2.24) is 9.88 Å². The van der Waals surface area contributed by atoms with Gasteiger partial charge in [-0.15, -0.1) is 0 Å². The molecular formula is C16H16ClN3O. The van der Waals surface area contributed by atoms with E-state index in [9.17, 15) is 4.79 Å². The fourth-order valence-corrected chi connectivity index (χ4v) is 2.98. The van der Waals surface area contributed by atoms with E-state index in [-0.39, 0.29) is 17.1 Å². The molecule has 1 amide bonds. The smallest absolute Gasteiger partial charge is 0.257 e. The van der Waals surface area contributed by atoms with Crippen LogP contribution in [0.4, 0.5) is 5.69 Å². The summed E-state index contributed by atoms with van der Waals surface area (Å²) >= 11 is 6.05. The molecule has 2 heterocycles. The van der Waals surface area contributed by atoms with Crippen molar-refractivity contribution in [1.29, 1.82) is 0 Å². The standard InChI is InChI=1S/C16H16ClN3O/c17-15-13(9-12(18)10-19-15)16(21)20-8-4-7-14(20)11-5-2-1-3-6-11/h1-3,5-6,9-10,14H,4,7-8,18H2. The Kier molecular flexibility index (Phi) is 3.80. The minimum Gasteiger partial charge on any atom is -0.397 e. The Bertz CT molecular complexity index is 660. The van der Waals surface area contributed by atoms with Crippen LogP contribution in [0.3, 0.4) is 0 Å². The number of likely N-dealkylation sites (tertiary alicyclic amines) is 1. The van der Waals surface area contributed by atoms with Gasteiger partial charge in [0, 0.05) is 6.54 Å². The van der Waals surface area contributed by atoms with Crippen LogP contribution in [0.5, 0.6) is 0 Å². The first-order chi connectivity index (χ1) is 10.2. The van der Waals surface area contributed by atoms with E-state index in [2.05, 4.69) is 17.1 Å². The van der Waals surface area contributed by atoms with Gasteiger partial charge >= 0.3 is 0 Å². The molecule has 4 nitrogen and oxygen atoms in total. The van der Waals surface area contributed by atoms with Gasteiger partial charge in [0.1, 0.15) is 5.15 Å². The molecule has 2 N–H and O–H groups in total. The summed E-state index contributed by atoms with van der Waals surface area (Å²) in [5.74, 6) is -0.105. The highest BCUT2D eigenvalue weighted by Gasteiger charge is 2.31. The topological polar surface area (TPSA) is 59.2 Å². The van der Waals surface area contributed by atoms with Gasteiger partial charge in [-0.2, -0.15) is 0 Å². The number of nitrogen functional groups attached to an aromatic ring is 1. The molecule has 1 saturated heterocycles. The lowest BCUT2D eigenvalue weighted by Gasteiger charge is -2.25. The van der Waals surface area contributed by atoms with Gasteiger partial charge in [-0.25, -0.2) is 4.98 Å². The summed E-state index contributed by atoms with van der Waals surface area (Å²) in [7, 11) is 0. The SMILES string of the molecule is Nc1cnc(Cl)c(C(=O)N2CCCC2c2ccccc2)c1. The lowest BCUT2D eigenvalue weighted by Crippen LogP contribution is -2.31.